The number of rotatable bonds is 5. The van der Waals surface area contributed by atoms with Crippen LogP contribution in [0.3, 0.4) is 0 Å². The summed E-state index contributed by atoms with van der Waals surface area (Å²) in [7, 11) is 0. The van der Waals surface area contributed by atoms with Crippen LogP contribution >= 0.6 is 0 Å². The molecule has 90 valence electrons. The molecule has 0 atom stereocenters. The van der Waals surface area contributed by atoms with E-state index < -0.39 is 0 Å². The van der Waals surface area contributed by atoms with Crippen LogP contribution in [0.5, 0.6) is 0 Å². The molecule has 0 aromatic heterocycles. The molecule has 0 aliphatic heterocycles. The first-order chi connectivity index (χ1) is 6.76. The van der Waals surface area contributed by atoms with E-state index in [9.17, 15) is 4.79 Å². The van der Waals surface area contributed by atoms with Crippen LogP contribution in [0.2, 0.25) is 0 Å². The minimum Gasteiger partial charge on any atom is -0.350 e. The SMILES string of the molecule is CC(C)N(CCN)CC(=O)NC(C)(C)C. The van der Waals surface area contributed by atoms with Gasteiger partial charge in [-0.25, -0.2) is 0 Å². The highest BCUT2D eigenvalue weighted by atomic mass is 16.2. The van der Waals surface area contributed by atoms with Crippen molar-refractivity contribution < 1.29 is 4.79 Å². The van der Waals surface area contributed by atoms with Gasteiger partial charge in [-0.3, -0.25) is 9.69 Å². The summed E-state index contributed by atoms with van der Waals surface area (Å²) in [6.45, 7) is 11.8. The van der Waals surface area contributed by atoms with Crippen molar-refractivity contribution in [3.63, 3.8) is 0 Å². The molecule has 0 heterocycles. The highest BCUT2D eigenvalue weighted by Gasteiger charge is 2.17. The fraction of sp³-hybridized carbons (Fsp3) is 0.909. The molecule has 0 unspecified atom stereocenters. The lowest BCUT2D eigenvalue weighted by molar-refractivity contribution is -0.124. The summed E-state index contributed by atoms with van der Waals surface area (Å²) in [6.07, 6.45) is 0. The van der Waals surface area contributed by atoms with Gasteiger partial charge in [-0.2, -0.15) is 0 Å². The van der Waals surface area contributed by atoms with Crippen molar-refractivity contribution >= 4 is 5.91 Å². The molecule has 0 bridgehead atoms. The molecular formula is C11H25N3O. The molecule has 0 saturated heterocycles. The second-order valence-electron chi connectivity index (χ2n) is 5.15. The number of nitrogens with zero attached hydrogens (tertiary/aromatic N) is 1. The first-order valence-electron chi connectivity index (χ1n) is 5.51. The van der Waals surface area contributed by atoms with E-state index in [0.29, 0.717) is 19.1 Å². The molecule has 0 spiro atoms. The van der Waals surface area contributed by atoms with Gasteiger partial charge in [-0.15, -0.1) is 0 Å². The molecule has 0 aromatic rings. The zero-order valence-electron chi connectivity index (χ0n) is 10.6. The molecule has 3 N–H and O–H groups in total. The lowest BCUT2D eigenvalue weighted by Crippen LogP contribution is -2.48. The maximum atomic E-state index is 11.7. The van der Waals surface area contributed by atoms with Crippen molar-refractivity contribution in [2.45, 2.75) is 46.2 Å². The Morgan fingerprint density at radius 3 is 2.27 bits per heavy atom. The molecule has 0 aromatic carbocycles. The third-order valence-corrected chi connectivity index (χ3v) is 2.01. The Morgan fingerprint density at radius 1 is 1.40 bits per heavy atom. The van der Waals surface area contributed by atoms with Gasteiger partial charge in [0.15, 0.2) is 0 Å². The maximum absolute atomic E-state index is 11.7. The van der Waals surface area contributed by atoms with Crippen LogP contribution in [0.15, 0.2) is 0 Å². The van der Waals surface area contributed by atoms with Gasteiger partial charge in [0.25, 0.3) is 0 Å². The van der Waals surface area contributed by atoms with E-state index in [4.69, 9.17) is 5.73 Å². The largest absolute Gasteiger partial charge is 0.350 e. The van der Waals surface area contributed by atoms with Crippen LogP contribution in [0, 0.1) is 0 Å². The summed E-state index contributed by atoms with van der Waals surface area (Å²) in [5.74, 6) is 0.0599. The molecule has 0 radical (unpaired) electrons. The molecule has 0 rings (SSSR count). The second-order valence-corrected chi connectivity index (χ2v) is 5.15. The maximum Gasteiger partial charge on any atom is 0.234 e. The van der Waals surface area contributed by atoms with Gasteiger partial charge < -0.3 is 11.1 Å². The molecule has 0 aliphatic rings. The Bertz CT molecular complexity index is 196. The Balaban J connectivity index is 4.11. The number of nitrogens with one attached hydrogen (secondary N) is 1. The summed E-state index contributed by atoms with van der Waals surface area (Å²) in [6, 6.07) is 0.347. The summed E-state index contributed by atoms with van der Waals surface area (Å²) in [5.41, 5.74) is 5.33. The summed E-state index contributed by atoms with van der Waals surface area (Å²) >= 11 is 0. The monoisotopic (exact) mass is 215 g/mol. The third-order valence-electron chi connectivity index (χ3n) is 2.01. The van der Waals surface area contributed by atoms with Crippen LogP contribution in [-0.4, -0.2) is 42.0 Å². The molecule has 4 heteroatoms. The van der Waals surface area contributed by atoms with E-state index in [2.05, 4.69) is 24.1 Å². The average molecular weight is 215 g/mol. The van der Waals surface area contributed by atoms with Crippen molar-refractivity contribution in [1.29, 1.82) is 0 Å². The zero-order chi connectivity index (χ0) is 12.1. The summed E-state index contributed by atoms with van der Waals surface area (Å²) in [4.78, 5) is 13.7. The summed E-state index contributed by atoms with van der Waals surface area (Å²) in [5, 5.41) is 2.94. The predicted molar refractivity (Wildman–Crippen MR) is 63.7 cm³/mol. The fourth-order valence-electron chi connectivity index (χ4n) is 1.33. The normalized spacial score (nSPS) is 12.3. The van der Waals surface area contributed by atoms with Gasteiger partial charge in [-0.1, -0.05) is 0 Å². The number of hydrogen-bond acceptors (Lipinski definition) is 3. The minimum absolute atomic E-state index is 0.0599. The van der Waals surface area contributed by atoms with Crippen LogP contribution < -0.4 is 11.1 Å². The highest BCUT2D eigenvalue weighted by molar-refractivity contribution is 5.78. The molecule has 4 nitrogen and oxygen atoms in total. The Labute approximate surface area is 93.2 Å². The first kappa shape index (κ1) is 14.4. The van der Waals surface area contributed by atoms with E-state index >= 15 is 0 Å². The molecular weight excluding hydrogens is 190 g/mol. The first-order valence-corrected chi connectivity index (χ1v) is 5.51. The van der Waals surface area contributed by atoms with Crippen LogP contribution in [0.4, 0.5) is 0 Å². The quantitative estimate of drug-likeness (QED) is 0.705. The fourth-order valence-corrected chi connectivity index (χ4v) is 1.33. The molecule has 0 fully saturated rings. The van der Waals surface area contributed by atoms with Crippen LogP contribution in [0.1, 0.15) is 34.6 Å². The Morgan fingerprint density at radius 2 is 1.93 bits per heavy atom. The molecule has 0 aliphatic carbocycles. The molecule has 1 amide bonds. The lowest BCUT2D eigenvalue weighted by Gasteiger charge is -2.27. The van der Waals surface area contributed by atoms with E-state index in [-0.39, 0.29) is 11.4 Å². The van der Waals surface area contributed by atoms with E-state index in [0.717, 1.165) is 6.54 Å². The van der Waals surface area contributed by atoms with Crippen LogP contribution in [0.25, 0.3) is 0 Å². The van der Waals surface area contributed by atoms with Crippen molar-refractivity contribution in [2.75, 3.05) is 19.6 Å². The number of amides is 1. The average Bonchev–Trinajstić information content (AvgIpc) is 1.99. The predicted octanol–water partition coefficient (Wildman–Crippen LogP) is 0.570. The molecule has 15 heavy (non-hydrogen) atoms. The molecule has 0 saturated carbocycles. The Kier molecular flexibility index (Phi) is 5.83. The number of carbonyl (C=O) groups excluding carboxylic acids is 1. The zero-order valence-corrected chi connectivity index (χ0v) is 10.6. The second kappa shape index (κ2) is 6.08. The lowest BCUT2D eigenvalue weighted by atomic mass is 10.1. The van der Waals surface area contributed by atoms with Gasteiger partial charge in [0.05, 0.1) is 6.54 Å². The standard InChI is InChI=1S/C11H25N3O/c1-9(2)14(7-6-12)8-10(15)13-11(3,4)5/h9H,6-8,12H2,1-5H3,(H,13,15). The highest BCUT2D eigenvalue weighted by Crippen LogP contribution is 2.00. The smallest absolute Gasteiger partial charge is 0.234 e. The number of hydrogen-bond donors (Lipinski definition) is 2. The Hall–Kier alpha value is -0.610. The van der Waals surface area contributed by atoms with Gasteiger partial charge in [0.1, 0.15) is 0 Å². The number of nitrogens with two attached hydrogens (primary N) is 1. The topological polar surface area (TPSA) is 58.4 Å². The summed E-state index contributed by atoms with van der Waals surface area (Å²) < 4.78 is 0. The van der Waals surface area contributed by atoms with Gasteiger partial charge in [0.2, 0.25) is 5.91 Å². The van der Waals surface area contributed by atoms with Crippen molar-refractivity contribution in [1.82, 2.24) is 10.2 Å². The van der Waals surface area contributed by atoms with E-state index in [1.807, 2.05) is 20.8 Å². The van der Waals surface area contributed by atoms with E-state index in [1.54, 1.807) is 0 Å². The van der Waals surface area contributed by atoms with E-state index in [1.165, 1.54) is 0 Å². The van der Waals surface area contributed by atoms with Crippen molar-refractivity contribution in [3.05, 3.63) is 0 Å². The van der Waals surface area contributed by atoms with Crippen LogP contribution in [-0.2, 0) is 4.79 Å². The third kappa shape index (κ3) is 7.33. The minimum atomic E-state index is -0.164. The van der Waals surface area contributed by atoms with Gasteiger partial charge >= 0.3 is 0 Å². The van der Waals surface area contributed by atoms with Gasteiger partial charge in [0, 0.05) is 24.7 Å². The van der Waals surface area contributed by atoms with Gasteiger partial charge in [-0.05, 0) is 34.6 Å². The number of carbonyl (C=O) groups is 1. The van der Waals surface area contributed by atoms with Crippen molar-refractivity contribution in [3.8, 4) is 0 Å². The van der Waals surface area contributed by atoms with Crippen molar-refractivity contribution in [2.24, 2.45) is 5.73 Å².